The first-order valence-electron chi connectivity index (χ1n) is 4.99. The summed E-state index contributed by atoms with van der Waals surface area (Å²) in [5.74, 6) is -18.6. The van der Waals surface area contributed by atoms with Gasteiger partial charge in [-0.15, -0.1) is 0 Å². The third-order valence-electron chi connectivity index (χ3n) is 1.75. The van der Waals surface area contributed by atoms with Gasteiger partial charge in [0.2, 0.25) is 0 Å². The third kappa shape index (κ3) is 3.90. The molecule has 0 aliphatic heterocycles. The number of ether oxygens (including phenoxy) is 2. The molecule has 0 saturated carbocycles. The quantitative estimate of drug-likeness (QED) is 0.292. The van der Waals surface area contributed by atoms with Crippen molar-refractivity contribution in [1.29, 1.82) is 0 Å². The van der Waals surface area contributed by atoms with Gasteiger partial charge < -0.3 is 9.47 Å². The Balaban J connectivity index is 5.09. The smallest absolute Gasteiger partial charge is 0.406 e. The second-order valence-electron chi connectivity index (χ2n) is 3.25. The molecule has 0 aliphatic carbocycles. The van der Waals surface area contributed by atoms with E-state index in [-0.39, 0.29) is 0 Å². The van der Waals surface area contributed by atoms with Crippen LogP contribution in [0, 0.1) is 0 Å². The number of carbonyl (C=O) groups excluding carboxylic acids is 3. The molecule has 0 unspecified atom stereocenters. The van der Waals surface area contributed by atoms with Gasteiger partial charge in [0.05, 0.1) is 0 Å². The largest absolute Gasteiger partial charge is 0.457 e. The van der Waals surface area contributed by atoms with Crippen LogP contribution in [-0.2, 0) is 23.9 Å². The van der Waals surface area contributed by atoms with Crippen LogP contribution >= 0.6 is 0 Å². The number of esters is 2. The van der Waals surface area contributed by atoms with Gasteiger partial charge in [-0.2, -0.15) is 17.6 Å². The van der Waals surface area contributed by atoms with E-state index < -0.39 is 42.8 Å². The maximum atomic E-state index is 13.1. The van der Waals surface area contributed by atoms with Crippen molar-refractivity contribution in [1.82, 2.24) is 0 Å². The average molecular weight is 298 g/mol. The number of hydrogen-bond donors (Lipinski definition) is 0. The first-order valence-corrected chi connectivity index (χ1v) is 4.99. The van der Waals surface area contributed by atoms with Crippen molar-refractivity contribution < 1.29 is 41.4 Å². The van der Waals surface area contributed by atoms with Crippen LogP contribution in [0.2, 0.25) is 0 Å². The Labute approximate surface area is 110 Å². The Morgan fingerprint density at radius 3 is 1.40 bits per heavy atom. The van der Waals surface area contributed by atoms with Crippen LogP contribution in [0.5, 0.6) is 0 Å². The van der Waals surface area contributed by atoms with Crippen molar-refractivity contribution in [2.75, 3.05) is 13.2 Å². The fraction of sp³-hybridized carbons (Fsp3) is 0.364. The van der Waals surface area contributed by atoms with Crippen LogP contribution in [0.15, 0.2) is 25.3 Å². The minimum atomic E-state index is -5.19. The lowest BCUT2D eigenvalue weighted by molar-refractivity contribution is -0.195. The number of halogens is 4. The van der Waals surface area contributed by atoms with Crippen molar-refractivity contribution >= 4 is 17.7 Å². The highest BCUT2D eigenvalue weighted by Gasteiger charge is 2.64. The summed E-state index contributed by atoms with van der Waals surface area (Å²) in [7, 11) is 0. The highest BCUT2D eigenvalue weighted by atomic mass is 19.3. The molecule has 9 heteroatoms. The van der Waals surface area contributed by atoms with Crippen LogP contribution in [0.25, 0.3) is 0 Å². The van der Waals surface area contributed by atoms with Gasteiger partial charge in [-0.3, -0.25) is 4.79 Å². The highest BCUT2D eigenvalue weighted by molar-refractivity contribution is 6.16. The van der Waals surface area contributed by atoms with Crippen molar-refractivity contribution in [2.45, 2.75) is 11.8 Å². The molecule has 112 valence electrons. The maximum Gasteiger partial charge on any atom is 0.406 e. The topological polar surface area (TPSA) is 69.7 Å². The normalized spacial score (nSPS) is 11.4. The highest BCUT2D eigenvalue weighted by Crippen LogP contribution is 2.29. The first-order chi connectivity index (χ1) is 9.12. The van der Waals surface area contributed by atoms with E-state index in [2.05, 4.69) is 22.6 Å². The molecule has 0 aliphatic rings. The maximum absolute atomic E-state index is 13.1. The van der Waals surface area contributed by atoms with Crippen molar-refractivity contribution in [3.63, 3.8) is 0 Å². The lowest BCUT2D eigenvalue weighted by Gasteiger charge is -2.18. The number of hydrogen-bond acceptors (Lipinski definition) is 5. The first kappa shape index (κ1) is 17.8. The fourth-order valence-electron chi connectivity index (χ4n) is 0.833. The van der Waals surface area contributed by atoms with E-state index in [1.165, 1.54) is 0 Å². The molecule has 0 heterocycles. The molecule has 0 saturated heterocycles. The molecule has 0 rings (SSSR count). The van der Waals surface area contributed by atoms with E-state index in [1.807, 2.05) is 0 Å². The Bertz CT molecular complexity index is 393. The molecule has 0 radical (unpaired) electrons. The van der Waals surface area contributed by atoms with Gasteiger partial charge in [0.25, 0.3) is 5.78 Å². The summed E-state index contributed by atoms with van der Waals surface area (Å²) in [6.07, 6.45) is 1.77. The number of alkyl halides is 4. The van der Waals surface area contributed by atoms with E-state index >= 15 is 0 Å². The SMILES string of the molecule is C=CCOC(=O)C(F)(F)C(=O)C(F)(F)C(=O)OCC=C. The molecule has 5 nitrogen and oxygen atoms in total. The van der Waals surface area contributed by atoms with Crippen LogP contribution in [0.3, 0.4) is 0 Å². The molecule has 0 aromatic heterocycles. The molecular weight excluding hydrogens is 288 g/mol. The van der Waals surface area contributed by atoms with Gasteiger partial charge in [-0.25, -0.2) is 9.59 Å². The summed E-state index contributed by atoms with van der Waals surface area (Å²) in [6.45, 7) is 4.63. The Hall–Kier alpha value is -2.19. The van der Waals surface area contributed by atoms with Crippen molar-refractivity contribution in [3.8, 4) is 0 Å². The van der Waals surface area contributed by atoms with Crippen LogP contribution < -0.4 is 0 Å². The summed E-state index contributed by atoms with van der Waals surface area (Å²) >= 11 is 0. The van der Waals surface area contributed by atoms with E-state index in [0.29, 0.717) is 0 Å². The van der Waals surface area contributed by atoms with E-state index in [1.54, 1.807) is 0 Å². The van der Waals surface area contributed by atoms with Gasteiger partial charge in [0, 0.05) is 0 Å². The predicted molar refractivity (Wildman–Crippen MR) is 57.2 cm³/mol. The Morgan fingerprint density at radius 1 is 0.850 bits per heavy atom. The molecule has 0 bridgehead atoms. The standard InChI is InChI=1S/C11H10F4O5/c1-3-5-19-8(17)10(12,13)7(16)11(14,15)9(18)20-6-4-2/h3-4H,1-2,5-6H2. The van der Waals surface area contributed by atoms with Crippen LogP contribution in [0.1, 0.15) is 0 Å². The number of carbonyl (C=O) groups is 3. The summed E-state index contributed by atoms with van der Waals surface area (Å²) in [4.78, 5) is 32.6. The minimum Gasteiger partial charge on any atom is -0.457 e. The molecule has 0 aromatic rings. The zero-order valence-electron chi connectivity index (χ0n) is 10.0. The molecule has 0 aromatic carbocycles. The van der Waals surface area contributed by atoms with Gasteiger partial charge in [0.15, 0.2) is 0 Å². The molecule has 0 spiro atoms. The predicted octanol–water partition coefficient (Wildman–Crippen LogP) is 1.28. The summed E-state index contributed by atoms with van der Waals surface area (Å²) in [5.41, 5.74) is 0. The van der Waals surface area contributed by atoms with Gasteiger partial charge >= 0.3 is 23.8 Å². The van der Waals surface area contributed by atoms with Crippen LogP contribution in [-0.4, -0.2) is 42.8 Å². The zero-order chi connectivity index (χ0) is 16.0. The van der Waals surface area contributed by atoms with E-state index in [9.17, 15) is 31.9 Å². The molecule has 0 atom stereocenters. The van der Waals surface area contributed by atoms with Crippen LogP contribution in [0.4, 0.5) is 17.6 Å². The fourth-order valence-corrected chi connectivity index (χ4v) is 0.833. The number of Topliss-reactive ketones (excluding diaryl/α,β-unsaturated/α-hetero) is 1. The monoisotopic (exact) mass is 298 g/mol. The Morgan fingerprint density at radius 2 is 1.15 bits per heavy atom. The number of rotatable bonds is 8. The molecule has 0 amide bonds. The average Bonchev–Trinajstić information content (AvgIpc) is 2.40. The summed E-state index contributed by atoms with van der Waals surface area (Å²) in [5, 5.41) is 0. The molecule has 0 fully saturated rings. The van der Waals surface area contributed by atoms with E-state index in [0.717, 1.165) is 12.2 Å². The molecule has 20 heavy (non-hydrogen) atoms. The van der Waals surface area contributed by atoms with Gasteiger partial charge in [0.1, 0.15) is 13.2 Å². The van der Waals surface area contributed by atoms with Crippen molar-refractivity contribution in [2.24, 2.45) is 0 Å². The number of ketones is 1. The third-order valence-corrected chi connectivity index (χ3v) is 1.75. The second kappa shape index (κ2) is 6.83. The Kier molecular flexibility index (Phi) is 6.08. The van der Waals surface area contributed by atoms with Gasteiger partial charge in [-0.1, -0.05) is 25.3 Å². The molecular formula is C11H10F4O5. The van der Waals surface area contributed by atoms with E-state index in [4.69, 9.17) is 0 Å². The van der Waals surface area contributed by atoms with Gasteiger partial charge in [-0.05, 0) is 0 Å². The second-order valence-corrected chi connectivity index (χ2v) is 3.25. The molecule has 0 N–H and O–H groups in total. The zero-order valence-corrected chi connectivity index (χ0v) is 10.0. The lowest BCUT2D eigenvalue weighted by Crippen LogP contribution is -2.52. The minimum absolute atomic E-state index is 0.714. The lowest BCUT2D eigenvalue weighted by atomic mass is 10.1. The summed E-state index contributed by atoms with van der Waals surface area (Å²) < 4.78 is 60.2. The summed E-state index contributed by atoms with van der Waals surface area (Å²) in [6, 6.07) is 0. The van der Waals surface area contributed by atoms with Crippen molar-refractivity contribution in [3.05, 3.63) is 25.3 Å².